The lowest BCUT2D eigenvalue weighted by atomic mass is 9.43. The number of hydrogen-bond acceptors (Lipinski definition) is 1. The highest BCUT2D eigenvalue weighted by molar-refractivity contribution is 5.05. The molecular weight excluding hydrogens is 194 g/mol. The Morgan fingerprint density at radius 1 is 1.12 bits per heavy atom. The minimum absolute atomic E-state index is 0.668. The molecule has 0 spiro atoms. The molecule has 4 aliphatic rings. The van der Waals surface area contributed by atoms with Crippen molar-refractivity contribution in [1.82, 2.24) is 4.90 Å². The third-order valence-electron chi connectivity index (χ3n) is 6.20. The number of rotatable bonds is 2. The van der Waals surface area contributed by atoms with Gasteiger partial charge in [-0.05, 0) is 67.9 Å². The monoisotopic (exact) mass is 221 g/mol. The molecule has 0 aromatic carbocycles. The van der Waals surface area contributed by atoms with Crippen LogP contribution in [0.15, 0.2) is 0 Å². The van der Waals surface area contributed by atoms with Crippen molar-refractivity contribution in [1.29, 1.82) is 0 Å². The van der Waals surface area contributed by atoms with Gasteiger partial charge in [0.1, 0.15) is 0 Å². The molecule has 1 saturated heterocycles. The van der Waals surface area contributed by atoms with Gasteiger partial charge < -0.3 is 4.90 Å². The van der Waals surface area contributed by atoms with Crippen LogP contribution in [-0.2, 0) is 0 Å². The smallest absolute Gasteiger partial charge is 0.00124 e. The second-order valence-corrected chi connectivity index (χ2v) is 7.22. The summed E-state index contributed by atoms with van der Waals surface area (Å²) >= 11 is 0. The lowest BCUT2D eigenvalue weighted by Gasteiger charge is -2.62. The Hall–Kier alpha value is -0.0400. The second kappa shape index (κ2) is 3.73. The summed E-state index contributed by atoms with van der Waals surface area (Å²) in [5.74, 6) is 4.05. The molecule has 1 nitrogen and oxygen atoms in total. The summed E-state index contributed by atoms with van der Waals surface area (Å²) in [6.07, 6.45) is 5.94. The molecule has 3 aliphatic carbocycles. The normalized spacial score (nSPS) is 46.7. The molecule has 0 N–H and O–H groups in total. The Morgan fingerprint density at radius 2 is 1.81 bits per heavy atom. The lowest BCUT2D eigenvalue weighted by molar-refractivity contribution is -0.132. The lowest BCUT2D eigenvalue weighted by Crippen LogP contribution is -2.56. The highest BCUT2D eigenvalue weighted by Gasteiger charge is 2.56. The van der Waals surface area contributed by atoms with Crippen LogP contribution < -0.4 is 0 Å². The molecule has 4 atom stereocenters. The summed E-state index contributed by atoms with van der Waals surface area (Å²) in [7, 11) is 0. The molecule has 0 aromatic heterocycles. The molecule has 0 amide bonds. The molecule has 3 saturated carbocycles. The fraction of sp³-hybridized carbons (Fsp3) is 1.00. The van der Waals surface area contributed by atoms with Gasteiger partial charge in [0, 0.05) is 6.54 Å². The van der Waals surface area contributed by atoms with Crippen LogP contribution >= 0.6 is 0 Å². The van der Waals surface area contributed by atoms with E-state index < -0.39 is 0 Å². The molecule has 16 heavy (non-hydrogen) atoms. The van der Waals surface area contributed by atoms with Crippen LogP contribution in [0.4, 0.5) is 0 Å². The molecule has 1 heterocycles. The largest absolute Gasteiger partial charge is 0.303 e. The summed E-state index contributed by atoms with van der Waals surface area (Å²) < 4.78 is 0. The predicted molar refractivity (Wildman–Crippen MR) is 68.3 cm³/mol. The van der Waals surface area contributed by atoms with Gasteiger partial charge in [-0.1, -0.05) is 20.8 Å². The molecule has 1 aliphatic heterocycles. The SMILES string of the molecule is CC1C(CN2CCCC2)CC2CC1C2(C)C. The van der Waals surface area contributed by atoms with Crippen LogP contribution in [0.2, 0.25) is 0 Å². The van der Waals surface area contributed by atoms with Crippen LogP contribution in [0.5, 0.6) is 0 Å². The third-order valence-corrected chi connectivity index (χ3v) is 6.20. The van der Waals surface area contributed by atoms with Gasteiger partial charge in [0.25, 0.3) is 0 Å². The molecule has 4 rings (SSSR count). The number of hydrogen-bond donors (Lipinski definition) is 0. The van der Waals surface area contributed by atoms with Gasteiger partial charge in [0.2, 0.25) is 0 Å². The molecular formula is C15H27N. The zero-order valence-corrected chi connectivity index (χ0v) is 11.2. The van der Waals surface area contributed by atoms with Crippen molar-refractivity contribution in [3.05, 3.63) is 0 Å². The number of fused-ring (bicyclic) bond motifs is 2. The first kappa shape index (κ1) is 11.1. The van der Waals surface area contributed by atoms with Gasteiger partial charge in [-0.2, -0.15) is 0 Å². The van der Waals surface area contributed by atoms with E-state index in [-0.39, 0.29) is 0 Å². The van der Waals surface area contributed by atoms with Crippen molar-refractivity contribution in [2.45, 2.75) is 46.5 Å². The van der Waals surface area contributed by atoms with Gasteiger partial charge in [-0.15, -0.1) is 0 Å². The molecule has 4 fully saturated rings. The van der Waals surface area contributed by atoms with E-state index in [1.54, 1.807) is 0 Å². The number of nitrogens with zero attached hydrogens (tertiary/aromatic N) is 1. The average molecular weight is 221 g/mol. The summed E-state index contributed by atoms with van der Waals surface area (Å²) in [6, 6.07) is 0. The van der Waals surface area contributed by atoms with Crippen LogP contribution in [0.25, 0.3) is 0 Å². The first-order valence-electron chi connectivity index (χ1n) is 7.31. The van der Waals surface area contributed by atoms with Crippen molar-refractivity contribution in [2.24, 2.45) is 29.1 Å². The fourth-order valence-corrected chi connectivity index (χ4v) is 4.79. The van der Waals surface area contributed by atoms with E-state index in [0.717, 1.165) is 23.7 Å². The van der Waals surface area contributed by atoms with Crippen molar-refractivity contribution < 1.29 is 0 Å². The molecule has 92 valence electrons. The van der Waals surface area contributed by atoms with E-state index >= 15 is 0 Å². The van der Waals surface area contributed by atoms with Crippen LogP contribution in [0.1, 0.15) is 46.5 Å². The van der Waals surface area contributed by atoms with E-state index in [1.807, 2.05) is 0 Å². The second-order valence-electron chi connectivity index (χ2n) is 7.22. The maximum absolute atomic E-state index is 2.72. The van der Waals surface area contributed by atoms with E-state index in [2.05, 4.69) is 25.7 Å². The van der Waals surface area contributed by atoms with Crippen LogP contribution in [0, 0.1) is 29.1 Å². The predicted octanol–water partition coefficient (Wildman–Crippen LogP) is 3.40. The maximum Gasteiger partial charge on any atom is 0.00124 e. The van der Waals surface area contributed by atoms with E-state index in [9.17, 15) is 0 Å². The first-order valence-corrected chi connectivity index (χ1v) is 7.31. The van der Waals surface area contributed by atoms with Gasteiger partial charge in [0.15, 0.2) is 0 Å². The Morgan fingerprint density at radius 3 is 2.38 bits per heavy atom. The van der Waals surface area contributed by atoms with E-state index in [4.69, 9.17) is 0 Å². The van der Waals surface area contributed by atoms with Gasteiger partial charge >= 0.3 is 0 Å². The van der Waals surface area contributed by atoms with Gasteiger partial charge in [-0.3, -0.25) is 0 Å². The summed E-state index contributed by atoms with van der Waals surface area (Å²) in [6.45, 7) is 11.7. The van der Waals surface area contributed by atoms with Crippen LogP contribution in [0.3, 0.4) is 0 Å². The summed E-state index contributed by atoms with van der Waals surface area (Å²) in [4.78, 5) is 2.72. The van der Waals surface area contributed by atoms with Crippen molar-refractivity contribution >= 4 is 0 Å². The topological polar surface area (TPSA) is 3.24 Å². The highest BCUT2D eigenvalue weighted by atomic mass is 15.1. The first-order chi connectivity index (χ1) is 7.59. The standard InChI is InChI=1S/C15H27N/c1-11-12(10-16-6-4-5-7-16)8-13-9-14(11)15(13,2)3/h11-14H,4-10H2,1-3H3. The van der Waals surface area contributed by atoms with Crippen molar-refractivity contribution in [2.75, 3.05) is 19.6 Å². The Balaban J connectivity index is 1.62. The Labute approximate surface area is 101 Å². The Bertz CT molecular complexity index is 263. The quantitative estimate of drug-likeness (QED) is 0.691. The van der Waals surface area contributed by atoms with Gasteiger partial charge in [-0.25, -0.2) is 0 Å². The molecule has 2 bridgehead atoms. The minimum atomic E-state index is 0.668. The third kappa shape index (κ3) is 1.54. The van der Waals surface area contributed by atoms with E-state index in [1.165, 1.54) is 45.3 Å². The maximum atomic E-state index is 2.72. The Kier molecular flexibility index (Phi) is 2.58. The van der Waals surface area contributed by atoms with Crippen molar-refractivity contribution in [3.63, 3.8) is 0 Å². The zero-order chi connectivity index (χ0) is 11.3. The van der Waals surface area contributed by atoms with Gasteiger partial charge in [0.05, 0.1) is 0 Å². The van der Waals surface area contributed by atoms with E-state index in [0.29, 0.717) is 5.41 Å². The average Bonchev–Trinajstić information content (AvgIpc) is 2.73. The zero-order valence-electron chi connectivity index (χ0n) is 11.2. The highest BCUT2D eigenvalue weighted by Crippen LogP contribution is 2.62. The van der Waals surface area contributed by atoms with Crippen LogP contribution in [-0.4, -0.2) is 24.5 Å². The fourth-order valence-electron chi connectivity index (χ4n) is 4.79. The molecule has 0 aromatic rings. The number of likely N-dealkylation sites (tertiary alicyclic amines) is 1. The molecule has 4 unspecified atom stereocenters. The summed E-state index contributed by atoms with van der Waals surface area (Å²) in [5, 5.41) is 0. The molecule has 1 heteroatoms. The summed E-state index contributed by atoms with van der Waals surface area (Å²) in [5.41, 5.74) is 0.668. The van der Waals surface area contributed by atoms with Crippen molar-refractivity contribution in [3.8, 4) is 0 Å². The minimum Gasteiger partial charge on any atom is -0.303 e. The molecule has 0 radical (unpaired) electrons.